The number of nitrogen functional groups attached to an aromatic ring is 1. The maximum Gasteiger partial charge on any atom is 0.152 e. The maximum atomic E-state index is 11.7. The lowest BCUT2D eigenvalue weighted by molar-refractivity contribution is 0.150. The third-order valence-corrected chi connectivity index (χ3v) is 5.62. The zero-order chi connectivity index (χ0) is 15.5. The van der Waals surface area contributed by atoms with Crippen LogP contribution in [-0.4, -0.2) is 42.9 Å². The Kier molecular flexibility index (Phi) is 5.27. The van der Waals surface area contributed by atoms with Gasteiger partial charge in [0.05, 0.1) is 29.8 Å². The summed E-state index contributed by atoms with van der Waals surface area (Å²) in [4.78, 5) is 0. The van der Waals surface area contributed by atoms with Crippen molar-refractivity contribution in [3.8, 4) is 0 Å². The first-order chi connectivity index (χ1) is 9.98. The Balaban J connectivity index is 2.23. The molecule has 1 aromatic rings. The summed E-state index contributed by atoms with van der Waals surface area (Å²) in [5, 5.41) is 4.59. The molecule has 1 aliphatic rings. The van der Waals surface area contributed by atoms with E-state index in [2.05, 4.69) is 12.0 Å². The van der Waals surface area contributed by atoms with Gasteiger partial charge < -0.3 is 10.5 Å². The van der Waals surface area contributed by atoms with Crippen molar-refractivity contribution in [2.75, 3.05) is 30.5 Å². The molecule has 120 valence electrons. The van der Waals surface area contributed by atoms with E-state index in [1.54, 1.807) is 4.68 Å². The quantitative estimate of drug-likeness (QED) is 0.768. The van der Waals surface area contributed by atoms with Crippen LogP contribution in [0.3, 0.4) is 0 Å². The molecule has 21 heavy (non-hydrogen) atoms. The molecule has 2 N–H and O–H groups in total. The van der Waals surface area contributed by atoms with E-state index >= 15 is 0 Å². The number of nitrogens with zero attached hydrogens (tertiary/aromatic N) is 2. The minimum Gasteiger partial charge on any atom is -0.384 e. The minimum atomic E-state index is -2.94. The van der Waals surface area contributed by atoms with Crippen LogP contribution in [0.15, 0.2) is 0 Å². The molecular formula is C14H25N3O3S. The third kappa shape index (κ3) is 3.77. The van der Waals surface area contributed by atoms with E-state index in [9.17, 15) is 8.42 Å². The first-order valence-corrected chi connectivity index (χ1v) is 9.44. The average molecular weight is 315 g/mol. The fraction of sp³-hybridized carbons (Fsp3) is 0.786. The molecule has 1 unspecified atom stereocenters. The molecule has 1 fully saturated rings. The number of rotatable bonds is 7. The second-order valence-electron chi connectivity index (χ2n) is 5.51. The Bertz CT molecular complexity index is 581. The number of nitrogens with two attached hydrogens (primary N) is 1. The highest BCUT2D eigenvalue weighted by Crippen LogP contribution is 2.29. The van der Waals surface area contributed by atoms with Gasteiger partial charge in [-0.05, 0) is 19.8 Å². The normalized spacial score (nSPS) is 21.0. The van der Waals surface area contributed by atoms with Crippen molar-refractivity contribution in [2.45, 2.75) is 45.6 Å². The van der Waals surface area contributed by atoms with E-state index in [4.69, 9.17) is 10.5 Å². The van der Waals surface area contributed by atoms with Crippen LogP contribution in [0.1, 0.15) is 44.0 Å². The lowest BCUT2D eigenvalue weighted by Gasteiger charge is -2.10. The van der Waals surface area contributed by atoms with E-state index in [0.717, 1.165) is 30.5 Å². The van der Waals surface area contributed by atoms with Gasteiger partial charge in [0.1, 0.15) is 5.82 Å². The molecule has 0 aromatic carbocycles. The number of hydrogen-bond acceptors (Lipinski definition) is 5. The molecule has 0 radical (unpaired) electrons. The minimum absolute atomic E-state index is 0.119. The van der Waals surface area contributed by atoms with Crippen LogP contribution in [0, 0.1) is 0 Å². The van der Waals surface area contributed by atoms with E-state index in [0.29, 0.717) is 25.5 Å². The zero-order valence-electron chi connectivity index (χ0n) is 12.8. The summed E-state index contributed by atoms with van der Waals surface area (Å²) in [6.07, 6.45) is 3.18. The first-order valence-electron chi connectivity index (χ1n) is 7.62. The number of sulfone groups is 1. The lowest BCUT2D eigenvalue weighted by atomic mass is 10.1. The molecule has 0 aliphatic carbocycles. The highest BCUT2D eigenvalue weighted by molar-refractivity contribution is 7.91. The van der Waals surface area contributed by atoms with E-state index in [1.807, 2.05) is 6.92 Å². The number of hydrogen-bond donors (Lipinski definition) is 1. The molecule has 6 nitrogen and oxygen atoms in total. The largest absolute Gasteiger partial charge is 0.384 e. The Morgan fingerprint density at radius 3 is 2.71 bits per heavy atom. The predicted octanol–water partition coefficient (Wildman–Crippen LogP) is 1.36. The Labute approximate surface area is 126 Å². The van der Waals surface area contributed by atoms with Gasteiger partial charge in [-0.2, -0.15) is 5.10 Å². The molecule has 2 heterocycles. The van der Waals surface area contributed by atoms with Crippen LogP contribution in [0.5, 0.6) is 0 Å². The van der Waals surface area contributed by atoms with Crippen LogP contribution >= 0.6 is 0 Å². The maximum absolute atomic E-state index is 11.7. The van der Waals surface area contributed by atoms with Gasteiger partial charge in [-0.15, -0.1) is 0 Å². The molecule has 0 bridgehead atoms. The fourth-order valence-electron chi connectivity index (χ4n) is 2.81. The highest BCUT2D eigenvalue weighted by atomic mass is 32.2. The molecule has 2 rings (SSSR count). The van der Waals surface area contributed by atoms with Crippen molar-refractivity contribution in [1.29, 1.82) is 0 Å². The van der Waals surface area contributed by atoms with Crippen LogP contribution in [0.4, 0.5) is 5.82 Å². The molecular weight excluding hydrogens is 290 g/mol. The highest BCUT2D eigenvalue weighted by Gasteiger charge is 2.32. The van der Waals surface area contributed by atoms with Crippen molar-refractivity contribution in [3.63, 3.8) is 0 Å². The van der Waals surface area contributed by atoms with Gasteiger partial charge in [-0.25, -0.2) is 13.1 Å². The lowest BCUT2D eigenvalue weighted by Crippen LogP contribution is -2.15. The van der Waals surface area contributed by atoms with Crippen LogP contribution in [-0.2, 0) is 27.4 Å². The molecule has 1 aromatic heterocycles. The van der Waals surface area contributed by atoms with Crippen molar-refractivity contribution >= 4 is 15.7 Å². The molecule has 0 spiro atoms. The summed E-state index contributed by atoms with van der Waals surface area (Å²) in [5.74, 6) is 1.01. The summed E-state index contributed by atoms with van der Waals surface area (Å²) in [6, 6.07) is -0.119. The zero-order valence-corrected chi connectivity index (χ0v) is 13.7. The molecule has 0 saturated carbocycles. The van der Waals surface area contributed by atoms with Gasteiger partial charge in [0.15, 0.2) is 9.84 Å². The summed E-state index contributed by atoms with van der Waals surface area (Å²) >= 11 is 0. The fourth-order valence-corrected chi connectivity index (χ4v) is 4.51. The predicted molar refractivity (Wildman–Crippen MR) is 83.1 cm³/mol. The smallest absolute Gasteiger partial charge is 0.152 e. The SMILES string of the molecule is CCCc1c(CCOCC)nn(C2CCS(=O)(=O)C2)c1N. The Morgan fingerprint density at radius 1 is 1.38 bits per heavy atom. The van der Waals surface area contributed by atoms with Crippen molar-refractivity contribution in [2.24, 2.45) is 0 Å². The van der Waals surface area contributed by atoms with Crippen molar-refractivity contribution in [3.05, 3.63) is 11.3 Å². The van der Waals surface area contributed by atoms with Gasteiger partial charge in [-0.1, -0.05) is 13.3 Å². The first kappa shape index (κ1) is 16.3. The molecule has 1 atom stereocenters. The number of anilines is 1. The average Bonchev–Trinajstić information content (AvgIpc) is 2.93. The molecule has 1 saturated heterocycles. The molecule has 1 aliphatic heterocycles. The van der Waals surface area contributed by atoms with Gasteiger partial charge in [0.2, 0.25) is 0 Å². The van der Waals surface area contributed by atoms with E-state index in [-0.39, 0.29) is 17.5 Å². The standard InChI is InChI=1S/C14H25N3O3S/c1-3-5-12-13(6-8-20-4-2)16-17(14(12)15)11-7-9-21(18,19)10-11/h11H,3-10,15H2,1-2H3. The Hall–Kier alpha value is -1.08. The van der Waals surface area contributed by atoms with Crippen LogP contribution < -0.4 is 5.73 Å². The van der Waals surface area contributed by atoms with Crippen molar-refractivity contribution < 1.29 is 13.2 Å². The van der Waals surface area contributed by atoms with E-state index in [1.165, 1.54) is 0 Å². The van der Waals surface area contributed by atoms with Gasteiger partial charge in [0, 0.05) is 18.6 Å². The van der Waals surface area contributed by atoms with Crippen LogP contribution in [0.25, 0.3) is 0 Å². The Morgan fingerprint density at radius 2 is 2.14 bits per heavy atom. The van der Waals surface area contributed by atoms with E-state index < -0.39 is 9.84 Å². The topological polar surface area (TPSA) is 87.2 Å². The second kappa shape index (κ2) is 6.79. The summed E-state index contributed by atoms with van der Waals surface area (Å²) in [5.41, 5.74) is 8.24. The summed E-state index contributed by atoms with van der Waals surface area (Å²) < 4.78 is 30.4. The second-order valence-corrected chi connectivity index (χ2v) is 7.74. The van der Waals surface area contributed by atoms with Gasteiger partial charge in [0.25, 0.3) is 0 Å². The van der Waals surface area contributed by atoms with Gasteiger partial charge >= 0.3 is 0 Å². The van der Waals surface area contributed by atoms with Crippen molar-refractivity contribution in [1.82, 2.24) is 9.78 Å². The summed E-state index contributed by atoms with van der Waals surface area (Å²) in [7, 11) is -2.94. The van der Waals surface area contributed by atoms with Crippen LogP contribution in [0.2, 0.25) is 0 Å². The molecule has 0 amide bonds. The van der Waals surface area contributed by atoms with Gasteiger partial charge in [-0.3, -0.25) is 0 Å². The third-order valence-electron chi connectivity index (χ3n) is 3.87. The number of aromatic nitrogens is 2. The summed E-state index contributed by atoms with van der Waals surface area (Å²) in [6.45, 7) is 5.36. The monoisotopic (exact) mass is 315 g/mol. The molecule has 7 heteroatoms. The number of ether oxygens (including phenoxy) is 1.